The second-order valence-corrected chi connectivity index (χ2v) is 6.46. The zero-order valence-electron chi connectivity index (χ0n) is 14.5. The van der Waals surface area contributed by atoms with Crippen LogP contribution in [0.25, 0.3) is 11.1 Å². The minimum atomic E-state index is -0.0579. The van der Waals surface area contributed by atoms with E-state index in [-0.39, 0.29) is 12.0 Å². The van der Waals surface area contributed by atoms with Crippen LogP contribution in [0, 0.1) is 0 Å². The Balaban J connectivity index is 1.48. The lowest BCUT2D eigenvalue weighted by molar-refractivity contribution is -0.0228. The van der Waals surface area contributed by atoms with Crippen LogP contribution in [0.3, 0.4) is 0 Å². The van der Waals surface area contributed by atoms with Crippen molar-refractivity contribution < 1.29 is 9.53 Å². The van der Waals surface area contributed by atoms with E-state index in [0.717, 1.165) is 22.3 Å². The van der Waals surface area contributed by atoms with Gasteiger partial charge in [-0.25, -0.2) is 0 Å². The molecular weight excluding hydrogens is 322 g/mol. The second-order valence-electron chi connectivity index (χ2n) is 6.46. The molecule has 0 aliphatic carbocycles. The molecule has 0 spiro atoms. The van der Waals surface area contributed by atoms with E-state index in [4.69, 9.17) is 4.74 Å². The van der Waals surface area contributed by atoms with Crippen LogP contribution in [0.15, 0.2) is 84.9 Å². The van der Waals surface area contributed by atoms with Gasteiger partial charge < -0.3 is 9.64 Å². The topological polar surface area (TPSA) is 29.5 Å². The van der Waals surface area contributed by atoms with Crippen molar-refractivity contribution in [3.05, 3.63) is 96.1 Å². The summed E-state index contributed by atoms with van der Waals surface area (Å²) in [5.74, 6) is 0.0637. The highest BCUT2D eigenvalue weighted by atomic mass is 16.5. The molecule has 3 aromatic rings. The summed E-state index contributed by atoms with van der Waals surface area (Å²) in [5, 5.41) is 0. The molecule has 4 rings (SSSR count). The van der Waals surface area contributed by atoms with Gasteiger partial charge in [0.25, 0.3) is 5.91 Å². The van der Waals surface area contributed by atoms with Crippen molar-refractivity contribution >= 4 is 5.91 Å². The Morgan fingerprint density at radius 2 is 1.42 bits per heavy atom. The number of rotatable bonds is 3. The molecule has 1 saturated heterocycles. The summed E-state index contributed by atoms with van der Waals surface area (Å²) in [6, 6.07) is 28.1. The van der Waals surface area contributed by atoms with Crippen LogP contribution in [-0.4, -0.2) is 30.5 Å². The number of benzene rings is 3. The molecule has 130 valence electrons. The summed E-state index contributed by atoms with van der Waals surface area (Å²) in [7, 11) is 0. The van der Waals surface area contributed by atoms with E-state index in [9.17, 15) is 4.79 Å². The smallest absolute Gasteiger partial charge is 0.254 e. The number of nitrogens with zero attached hydrogens (tertiary/aromatic N) is 1. The largest absolute Gasteiger partial charge is 0.370 e. The third-order valence-corrected chi connectivity index (χ3v) is 4.76. The Hall–Kier alpha value is -2.91. The number of ether oxygens (including phenoxy) is 1. The molecular formula is C23H21NO2. The van der Waals surface area contributed by atoms with Gasteiger partial charge in [0.15, 0.2) is 0 Å². The number of hydrogen-bond donors (Lipinski definition) is 0. The minimum Gasteiger partial charge on any atom is -0.370 e. The molecule has 1 amide bonds. The zero-order valence-corrected chi connectivity index (χ0v) is 14.5. The van der Waals surface area contributed by atoms with Gasteiger partial charge in [0, 0.05) is 12.1 Å². The van der Waals surface area contributed by atoms with Crippen LogP contribution in [0.5, 0.6) is 0 Å². The summed E-state index contributed by atoms with van der Waals surface area (Å²) >= 11 is 0. The number of morpholine rings is 1. The minimum absolute atomic E-state index is 0.0579. The van der Waals surface area contributed by atoms with E-state index >= 15 is 0 Å². The van der Waals surface area contributed by atoms with Gasteiger partial charge in [-0.1, -0.05) is 72.8 Å². The molecule has 3 nitrogen and oxygen atoms in total. The molecule has 3 heteroatoms. The third-order valence-electron chi connectivity index (χ3n) is 4.76. The van der Waals surface area contributed by atoms with Gasteiger partial charge in [-0.2, -0.15) is 0 Å². The van der Waals surface area contributed by atoms with Gasteiger partial charge in [-0.15, -0.1) is 0 Å². The summed E-state index contributed by atoms with van der Waals surface area (Å²) in [4.78, 5) is 14.8. The monoisotopic (exact) mass is 343 g/mol. The van der Waals surface area contributed by atoms with Crippen LogP contribution in [0.2, 0.25) is 0 Å². The molecule has 0 aromatic heterocycles. The van der Waals surface area contributed by atoms with Gasteiger partial charge in [0.1, 0.15) is 6.10 Å². The van der Waals surface area contributed by atoms with Gasteiger partial charge in [-0.05, 0) is 28.8 Å². The van der Waals surface area contributed by atoms with E-state index < -0.39 is 0 Å². The van der Waals surface area contributed by atoms with Crippen LogP contribution < -0.4 is 0 Å². The van der Waals surface area contributed by atoms with E-state index in [1.807, 2.05) is 77.7 Å². The van der Waals surface area contributed by atoms with Gasteiger partial charge in [0.2, 0.25) is 0 Å². The first-order chi connectivity index (χ1) is 12.8. The summed E-state index contributed by atoms with van der Waals surface area (Å²) < 4.78 is 5.86. The molecule has 1 fully saturated rings. The highest BCUT2D eigenvalue weighted by Crippen LogP contribution is 2.24. The first-order valence-corrected chi connectivity index (χ1v) is 8.92. The second kappa shape index (κ2) is 7.54. The lowest BCUT2D eigenvalue weighted by Gasteiger charge is -2.33. The molecule has 0 radical (unpaired) electrons. The fourth-order valence-corrected chi connectivity index (χ4v) is 3.32. The number of amides is 1. The molecule has 1 atom stereocenters. The fourth-order valence-electron chi connectivity index (χ4n) is 3.32. The van der Waals surface area contributed by atoms with Gasteiger partial charge >= 0.3 is 0 Å². The molecule has 1 aliphatic heterocycles. The van der Waals surface area contributed by atoms with E-state index in [2.05, 4.69) is 12.1 Å². The number of carbonyl (C=O) groups excluding carboxylic acids is 1. The molecule has 1 aliphatic rings. The third kappa shape index (κ3) is 3.53. The molecule has 1 heterocycles. The van der Waals surface area contributed by atoms with Crippen molar-refractivity contribution in [2.75, 3.05) is 19.7 Å². The standard InChI is InChI=1S/C23H21NO2/c25-23(21-13-11-19(12-14-21)18-7-3-1-4-8-18)24-15-16-26-22(17-24)20-9-5-2-6-10-20/h1-14,22H,15-17H2/t22-/m1/s1. The van der Waals surface area contributed by atoms with Crippen molar-refractivity contribution in [3.63, 3.8) is 0 Å². The Morgan fingerprint density at radius 1 is 0.808 bits per heavy atom. The van der Waals surface area contributed by atoms with Gasteiger partial charge in [-0.3, -0.25) is 4.79 Å². The highest BCUT2D eigenvalue weighted by Gasteiger charge is 2.26. The van der Waals surface area contributed by atoms with Crippen molar-refractivity contribution in [3.8, 4) is 11.1 Å². The van der Waals surface area contributed by atoms with E-state index in [1.165, 1.54) is 0 Å². The van der Waals surface area contributed by atoms with Crippen molar-refractivity contribution in [2.24, 2.45) is 0 Å². The number of hydrogen-bond acceptors (Lipinski definition) is 2. The Labute approximate surface area is 153 Å². The predicted molar refractivity (Wildman–Crippen MR) is 103 cm³/mol. The Kier molecular flexibility index (Phi) is 4.80. The quantitative estimate of drug-likeness (QED) is 0.697. The molecule has 3 aromatic carbocycles. The molecule has 0 N–H and O–H groups in total. The lowest BCUT2D eigenvalue weighted by Crippen LogP contribution is -2.42. The summed E-state index contributed by atoms with van der Waals surface area (Å²) in [6.07, 6.45) is -0.0579. The molecule has 26 heavy (non-hydrogen) atoms. The summed E-state index contributed by atoms with van der Waals surface area (Å²) in [5.41, 5.74) is 4.11. The highest BCUT2D eigenvalue weighted by molar-refractivity contribution is 5.94. The lowest BCUT2D eigenvalue weighted by atomic mass is 10.0. The Bertz CT molecular complexity index is 860. The van der Waals surface area contributed by atoms with Crippen LogP contribution >= 0.6 is 0 Å². The maximum atomic E-state index is 12.9. The van der Waals surface area contributed by atoms with Crippen LogP contribution in [0.4, 0.5) is 0 Å². The van der Waals surface area contributed by atoms with Crippen LogP contribution in [-0.2, 0) is 4.74 Å². The SMILES string of the molecule is O=C(c1ccc(-c2ccccc2)cc1)N1CCO[C@@H](c2ccccc2)C1. The van der Waals surface area contributed by atoms with Crippen molar-refractivity contribution in [1.82, 2.24) is 4.90 Å². The summed E-state index contributed by atoms with van der Waals surface area (Å²) in [6.45, 7) is 1.78. The zero-order chi connectivity index (χ0) is 17.8. The first kappa shape index (κ1) is 16.6. The maximum Gasteiger partial charge on any atom is 0.254 e. The first-order valence-electron chi connectivity index (χ1n) is 8.92. The average Bonchev–Trinajstić information content (AvgIpc) is 2.75. The molecule has 0 saturated carbocycles. The number of carbonyl (C=O) groups is 1. The Morgan fingerprint density at radius 3 is 2.12 bits per heavy atom. The predicted octanol–water partition coefficient (Wildman–Crippen LogP) is 4.57. The van der Waals surface area contributed by atoms with Gasteiger partial charge in [0.05, 0.1) is 13.2 Å². The average molecular weight is 343 g/mol. The molecule has 0 unspecified atom stereocenters. The molecule has 0 bridgehead atoms. The van der Waals surface area contributed by atoms with E-state index in [0.29, 0.717) is 19.7 Å². The maximum absolute atomic E-state index is 12.9. The fraction of sp³-hybridized carbons (Fsp3) is 0.174. The van der Waals surface area contributed by atoms with Crippen LogP contribution in [0.1, 0.15) is 22.0 Å². The van der Waals surface area contributed by atoms with Crippen molar-refractivity contribution in [2.45, 2.75) is 6.10 Å². The van der Waals surface area contributed by atoms with E-state index in [1.54, 1.807) is 0 Å². The normalized spacial score (nSPS) is 17.1. The van der Waals surface area contributed by atoms with Crippen molar-refractivity contribution in [1.29, 1.82) is 0 Å².